The summed E-state index contributed by atoms with van der Waals surface area (Å²) >= 11 is 0. The Hall–Kier alpha value is -3.50. The summed E-state index contributed by atoms with van der Waals surface area (Å²) in [4.78, 5) is 24.7. The molecule has 174 valence electrons. The molecule has 2 N–H and O–H groups in total. The van der Waals surface area contributed by atoms with Crippen LogP contribution in [0, 0.1) is 13.8 Å². The third-order valence-electron chi connectivity index (χ3n) is 5.19. The van der Waals surface area contributed by atoms with Crippen LogP contribution in [-0.4, -0.2) is 55.0 Å². The maximum atomic E-state index is 12.4. The zero-order valence-corrected chi connectivity index (χ0v) is 19.8. The molecular formula is C23H27N5O4S. The Bertz CT molecular complexity index is 1270. The minimum Gasteiger partial charge on any atom is -0.350 e. The summed E-state index contributed by atoms with van der Waals surface area (Å²) in [5.41, 5.74) is 3.71. The van der Waals surface area contributed by atoms with E-state index in [1.165, 1.54) is 38.4 Å². The maximum Gasteiger partial charge on any atom is 0.251 e. The topological polar surface area (TPSA) is 113 Å². The quantitative estimate of drug-likeness (QED) is 0.522. The van der Waals surface area contributed by atoms with Crippen LogP contribution < -0.4 is 10.6 Å². The monoisotopic (exact) mass is 469 g/mol. The lowest BCUT2D eigenvalue weighted by atomic mass is 10.2. The number of nitrogens with one attached hydrogen (secondary N) is 2. The van der Waals surface area contributed by atoms with Crippen LogP contribution in [-0.2, 0) is 21.4 Å². The summed E-state index contributed by atoms with van der Waals surface area (Å²) in [6, 6.07) is 15.4. The number of aryl methyl sites for hydroxylation is 1. The fraction of sp³-hybridized carbons (Fsp3) is 0.261. The van der Waals surface area contributed by atoms with Crippen molar-refractivity contribution in [3.05, 3.63) is 77.1 Å². The van der Waals surface area contributed by atoms with E-state index in [0.717, 1.165) is 26.9 Å². The number of amides is 2. The number of benzene rings is 2. The van der Waals surface area contributed by atoms with E-state index in [4.69, 9.17) is 0 Å². The molecular weight excluding hydrogens is 442 g/mol. The number of rotatable bonds is 8. The van der Waals surface area contributed by atoms with Gasteiger partial charge in [-0.2, -0.15) is 5.10 Å². The Balaban J connectivity index is 1.60. The van der Waals surface area contributed by atoms with E-state index >= 15 is 0 Å². The minimum absolute atomic E-state index is 0.00554. The summed E-state index contributed by atoms with van der Waals surface area (Å²) in [7, 11) is -0.831. The third kappa shape index (κ3) is 5.47. The van der Waals surface area contributed by atoms with E-state index in [2.05, 4.69) is 15.7 Å². The summed E-state index contributed by atoms with van der Waals surface area (Å²) in [6.45, 7) is 3.85. The molecule has 3 rings (SSSR count). The van der Waals surface area contributed by atoms with E-state index in [0.29, 0.717) is 0 Å². The molecule has 0 bridgehead atoms. The zero-order chi connectivity index (χ0) is 24.2. The molecule has 2 aromatic carbocycles. The maximum absolute atomic E-state index is 12.4. The van der Waals surface area contributed by atoms with Gasteiger partial charge in [0.15, 0.2) is 0 Å². The highest BCUT2D eigenvalue weighted by Crippen LogP contribution is 2.18. The molecule has 10 heteroatoms. The van der Waals surface area contributed by atoms with E-state index in [1.54, 1.807) is 0 Å². The number of para-hydroxylation sites is 1. The first kappa shape index (κ1) is 24.1. The highest BCUT2D eigenvalue weighted by atomic mass is 32.2. The Labute approximate surface area is 193 Å². The number of carbonyl (C=O) groups excluding carboxylic acids is 2. The molecule has 0 spiro atoms. The van der Waals surface area contributed by atoms with Gasteiger partial charge in [-0.15, -0.1) is 0 Å². The van der Waals surface area contributed by atoms with Crippen molar-refractivity contribution < 1.29 is 18.0 Å². The largest absolute Gasteiger partial charge is 0.350 e. The van der Waals surface area contributed by atoms with Crippen molar-refractivity contribution in [1.82, 2.24) is 24.7 Å². The van der Waals surface area contributed by atoms with Crippen LogP contribution in [0.4, 0.5) is 0 Å². The van der Waals surface area contributed by atoms with E-state index in [1.807, 2.05) is 48.9 Å². The smallest absolute Gasteiger partial charge is 0.251 e. The fourth-order valence-corrected chi connectivity index (χ4v) is 4.22. The van der Waals surface area contributed by atoms with Crippen LogP contribution in [0.1, 0.15) is 27.3 Å². The second kappa shape index (κ2) is 9.97. The lowest BCUT2D eigenvalue weighted by molar-refractivity contribution is -0.120. The van der Waals surface area contributed by atoms with Gasteiger partial charge in [-0.05, 0) is 44.2 Å². The number of aromatic nitrogens is 2. The highest BCUT2D eigenvalue weighted by Gasteiger charge is 2.19. The van der Waals surface area contributed by atoms with Gasteiger partial charge in [-0.1, -0.05) is 24.3 Å². The normalized spacial score (nSPS) is 11.4. The first-order valence-electron chi connectivity index (χ1n) is 10.3. The van der Waals surface area contributed by atoms with Crippen LogP contribution in [0.25, 0.3) is 5.69 Å². The molecule has 0 aliphatic heterocycles. The molecule has 33 heavy (non-hydrogen) atoms. The summed E-state index contributed by atoms with van der Waals surface area (Å²) in [6.07, 6.45) is 0. The van der Waals surface area contributed by atoms with Gasteiger partial charge < -0.3 is 10.6 Å². The Morgan fingerprint density at radius 2 is 1.70 bits per heavy atom. The first-order chi connectivity index (χ1) is 15.6. The van der Waals surface area contributed by atoms with Gasteiger partial charge in [-0.3, -0.25) is 9.59 Å². The second-order valence-corrected chi connectivity index (χ2v) is 9.82. The average Bonchev–Trinajstić information content (AvgIpc) is 3.09. The van der Waals surface area contributed by atoms with Crippen LogP contribution in [0.15, 0.2) is 59.5 Å². The summed E-state index contributed by atoms with van der Waals surface area (Å²) < 4.78 is 27.4. The fourth-order valence-electron chi connectivity index (χ4n) is 3.27. The molecule has 0 fully saturated rings. The van der Waals surface area contributed by atoms with E-state index in [9.17, 15) is 18.0 Å². The van der Waals surface area contributed by atoms with Gasteiger partial charge in [0, 0.05) is 37.5 Å². The van der Waals surface area contributed by atoms with E-state index < -0.39 is 15.9 Å². The standard InChI is InChI=1S/C23H27N5O4S/c1-16-21(17(2)28(26-16)19-10-6-5-7-11-19)14-24-22(29)15-25-23(30)18-9-8-12-20(13-18)33(31,32)27(3)4/h5-13H,14-15H2,1-4H3,(H,24,29)(H,25,30). The molecule has 0 unspecified atom stereocenters. The lowest BCUT2D eigenvalue weighted by Crippen LogP contribution is -2.36. The molecule has 0 radical (unpaired) electrons. The van der Waals surface area contributed by atoms with Crippen molar-refractivity contribution in [2.45, 2.75) is 25.3 Å². The molecule has 1 heterocycles. The van der Waals surface area contributed by atoms with Crippen molar-refractivity contribution in [1.29, 1.82) is 0 Å². The average molecular weight is 470 g/mol. The number of hydrogen-bond donors (Lipinski definition) is 2. The first-order valence-corrected chi connectivity index (χ1v) is 11.7. The van der Waals surface area contributed by atoms with Crippen molar-refractivity contribution >= 4 is 21.8 Å². The molecule has 0 saturated heterocycles. The SMILES string of the molecule is Cc1nn(-c2ccccc2)c(C)c1CNC(=O)CNC(=O)c1cccc(S(=O)(=O)N(C)C)c1. The van der Waals surface area contributed by atoms with Gasteiger partial charge in [-0.25, -0.2) is 17.4 Å². The molecule has 0 aliphatic rings. The number of sulfonamides is 1. The summed E-state index contributed by atoms with van der Waals surface area (Å²) in [5, 5.41) is 9.87. The molecule has 1 aromatic heterocycles. The molecule has 2 amide bonds. The molecule has 3 aromatic rings. The Kier molecular flexibility index (Phi) is 7.29. The van der Waals surface area contributed by atoms with Crippen LogP contribution in [0.3, 0.4) is 0 Å². The second-order valence-electron chi connectivity index (χ2n) is 7.67. The summed E-state index contributed by atoms with van der Waals surface area (Å²) in [5.74, 6) is -0.906. The highest BCUT2D eigenvalue weighted by molar-refractivity contribution is 7.89. The van der Waals surface area contributed by atoms with Crippen molar-refractivity contribution in [2.24, 2.45) is 0 Å². The molecule has 0 atom stereocenters. The molecule has 9 nitrogen and oxygen atoms in total. The third-order valence-corrected chi connectivity index (χ3v) is 7.00. The Morgan fingerprint density at radius 3 is 2.36 bits per heavy atom. The van der Waals surface area contributed by atoms with Gasteiger partial charge in [0.2, 0.25) is 15.9 Å². The predicted molar refractivity (Wildman–Crippen MR) is 125 cm³/mol. The molecule has 0 saturated carbocycles. The Morgan fingerprint density at radius 1 is 1.00 bits per heavy atom. The predicted octanol–water partition coefficient (Wildman–Crippen LogP) is 1.79. The van der Waals surface area contributed by atoms with Gasteiger partial charge >= 0.3 is 0 Å². The number of carbonyl (C=O) groups is 2. The van der Waals surface area contributed by atoms with Crippen molar-refractivity contribution in [3.63, 3.8) is 0 Å². The number of nitrogens with zero attached hydrogens (tertiary/aromatic N) is 3. The lowest BCUT2D eigenvalue weighted by Gasteiger charge is -2.12. The molecule has 0 aliphatic carbocycles. The number of hydrogen-bond acceptors (Lipinski definition) is 5. The van der Waals surface area contributed by atoms with Gasteiger partial charge in [0.25, 0.3) is 5.91 Å². The van der Waals surface area contributed by atoms with Crippen molar-refractivity contribution in [3.8, 4) is 5.69 Å². The zero-order valence-electron chi connectivity index (χ0n) is 19.0. The van der Waals surface area contributed by atoms with Crippen LogP contribution in [0.5, 0.6) is 0 Å². The van der Waals surface area contributed by atoms with Gasteiger partial charge in [0.05, 0.1) is 22.8 Å². The van der Waals surface area contributed by atoms with Gasteiger partial charge in [0.1, 0.15) is 0 Å². The van der Waals surface area contributed by atoms with Crippen LogP contribution >= 0.6 is 0 Å². The van der Waals surface area contributed by atoms with Crippen LogP contribution in [0.2, 0.25) is 0 Å². The van der Waals surface area contributed by atoms with E-state index in [-0.39, 0.29) is 29.5 Å². The van der Waals surface area contributed by atoms with Crippen molar-refractivity contribution in [2.75, 3.05) is 20.6 Å². The minimum atomic E-state index is -3.66.